The van der Waals surface area contributed by atoms with Crippen LogP contribution in [0, 0.1) is 21.7 Å². The SMILES string of the molecule is C[C@H](O)c1ccccc1Oc1cc(F)c([N+](=O)[O-])cc1F. The van der Waals surface area contributed by atoms with Crippen molar-refractivity contribution >= 4 is 5.69 Å². The lowest BCUT2D eigenvalue weighted by molar-refractivity contribution is -0.387. The highest BCUT2D eigenvalue weighted by molar-refractivity contribution is 5.43. The molecule has 0 aromatic heterocycles. The van der Waals surface area contributed by atoms with Gasteiger partial charge in [-0.2, -0.15) is 4.39 Å². The van der Waals surface area contributed by atoms with Crippen LogP contribution >= 0.6 is 0 Å². The largest absolute Gasteiger partial charge is 0.454 e. The van der Waals surface area contributed by atoms with Gasteiger partial charge < -0.3 is 9.84 Å². The molecule has 0 unspecified atom stereocenters. The summed E-state index contributed by atoms with van der Waals surface area (Å²) < 4.78 is 32.5. The molecular weight excluding hydrogens is 284 g/mol. The number of aliphatic hydroxyl groups is 1. The Morgan fingerprint density at radius 1 is 1.19 bits per heavy atom. The zero-order valence-corrected chi connectivity index (χ0v) is 10.9. The Bertz CT molecular complexity index is 689. The minimum Gasteiger partial charge on any atom is -0.454 e. The van der Waals surface area contributed by atoms with Crippen molar-refractivity contribution in [2.75, 3.05) is 0 Å². The van der Waals surface area contributed by atoms with Crippen LogP contribution in [-0.2, 0) is 0 Å². The first kappa shape index (κ1) is 14.9. The van der Waals surface area contributed by atoms with Crippen molar-refractivity contribution in [3.8, 4) is 11.5 Å². The van der Waals surface area contributed by atoms with E-state index < -0.39 is 34.1 Å². The summed E-state index contributed by atoms with van der Waals surface area (Å²) in [4.78, 5) is 9.49. The fraction of sp³-hybridized carbons (Fsp3) is 0.143. The Morgan fingerprint density at radius 2 is 1.86 bits per heavy atom. The van der Waals surface area contributed by atoms with E-state index in [9.17, 15) is 24.0 Å². The van der Waals surface area contributed by atoms with E-state index in [1.807, 2.05) is 0 Å². The maximum absolute atomic E-state index is 13.8. The maximum Gasteiger partial charge on any atom is 0.307 e. The van der Waals surface area contributed by atoms with Crippen LogP contribution in [0.4, 0.5) is 14.5 Å². The van der Waals surface area contributed by atoms with Crippen LogP contribution in [0.15, 0.2) is 36.4 Å². The second kappa shape index (κ2) is 5.84. The van der Waals surface area contributed by atoms with Gasteiger partial charge in [0.25, 0.3) is 0 Å². The summed E-state index contributed by atoms with van der Waals surface area (Å²) in [6, 6.07) is 7.35. The molecule has 0 aliphatic heterocycles. The van der Waals surface area contributed by atoms with E-state index in [4.69, 9.17) is 4.74 Å². The van der Waals surface area contributed by atoms with Crippen molar-refractivity contribution in [1.82, 2.24) is 0 Å². The highest BCUT2D eigenvalue weighted by atomic mass is 19.1. The lowest BCUT2D eigenvalue weighted by atomic mass is 10.1. The molecular formula is C14H11F2NO4. The predicted octanol–water partition coefficient (Wildman–Crippen LogP) is 3.72. The van der Waals surface area contributed by atoms with Gasteiger partial charge in [-0.15, -0.1) is 0 Å². The van der Waals surface area contributed by atoms with Crippen LogP contribution < -0.4 is 4.74 Å². The average Bonchev–Trinajstić information content (AvgIpc) is 2.42. The predicted molar refractivity (Wildman–Crippen MR) is 70.2 cm³/mol. The summed E-state index contributed by atoms with van der Waals surface area (Å²) in [5, 5.41) is 20.1. The lowest BCUT2D eigenvalue weighted by Gasteiger charge is -2.13. The molecule has 1 N–H and O–H groups in total. The zero-order chi connectivity index (χ0) is 15.6. The topological polar surface area (TPSA) is 72.6 Å². The molecule has 2 aromatic rings. The van der Waals surface area contributed by atoms with Gasteiger partial charge in [0.15, 0.2) is 11.6 Å². The molecule has 0 amide bonds. The summed E-state index contributed by atoms with van der Waals surface area (Å²) in [6.45, 7) is 1.50. The smallest absolute Gasteiger partial charge is 0.307 e. The molecule has 0 saturated carbocycles. The van der Waals surface area contributed by atoms with E-state index >= 15 is 0 Å². The average molecular weight is 295 g/mol. The quantitative estimate of drug-likeness (QED) is 0.689. The van der Waals surface area contributed by atoms with E-state index in [1.165, 1.54) is 13.0 Å². The standard InChI is InChI=1S/C14H11F2NO4/c1-8(18)9-4-2-3-5-13(9)21-14-7-10(15)12(17(19)20)6-11(14)16/h2-8,18H,1H3/t8-/m0/s1. The number of nitrogens with zero attached hydrogens (tertiary/aromatic N) is 1. The Morgan fingerprint density at radius 3 is 2.48 bits per heavy atom. The number of ether oxygens (including phenoxy) is 1. The van der Waals surface area contributed by atoms with Crippen LogP contribution in [0.25, 0.3) is 0 Å². The number of rotatable bonds is 4. The molecule has 110 valence electrons. The molecule has 5 nitrogen and oxygen atoms in total. The maximum atomic E-state index is 13.8. The molecule has 0 aliphatic carbocycles. The van der Waals surface area contributed by atoms with Gasteiger partial charge in [0.1, 0.15) is 5.75 Å². The summed E-state index contributed by atoms with van der Waals surface area (Å²) >= 11 is 0. The van der Waals surface area contributed by atoms with Gasteiger partial charge in [0, 0.05) is 11.6 Å². The fourth-order valence-electron chi connectivity index (χ4n) is 1.77. The first-order valence-corrected chi connectivity index (χ1v) is 5.98. The fourth-order valence-corrected chi connectivity index (χ4v) is 1.77. The number of halogens is 2. The van der Waals surface area contributed by atoms with E-state index in [0.717, 1.165) is 0 Å². The molecule has 0 aliphatic rings. The molecule has 0 heterocycles. The molecule has 0 radical (unpaired) electrons. The van der Waals surface area contributed by atoms with Crippen LogP contribution in [0.1, 0.15) is 18.6 Å². The van der Waals surface area contributed by atoms with Crippen molar-refractivity contribution in [2.24, 2.45) is 0 Å². The van der Waals surface area contributed by atoms with E-state index in [2.05, 4.69) is 0 Å². The number of hydrogen-bond acceptors (Lipinski definition) is 4. The molecule has 0 fully saturated rings. The van der Waals surface area contributed by atoms with Crippen LogP contribution in [0.3, 0.4) is 0 Å². The Balaban J connectivity index is 2.41. The molecule has 7 heteroatoms. The minimum absolute atomic E-state index is 0.139. The van der Waals surface area contributed by atoms with Gasteiger partial charge in [0.2, 0.25) is 5.82 Å². The van der Waals surface area contributed by atoms with Crippen molar-refractivity contribution < 1.29 is 23.5 Å². The first-order chi connectivity index (χ1) is 9.90. The van der Waals surface area contributed by atoms with Crippen LogP contribution in [-0.4, -0.2) is 10.0 Å². The van der Waals surface area contributed by atoms with Crippen molar-refractivity contribution in [1.29, 1.82) is 0 Å². The van der Waals surface area contributed by atoms with E-state index in [0.29, 0.717) is 17.7 Å². The van der Waals surface area contributed by atoms with Gasteiger partial charge in [-0.1, -0.05) is 18.2 Å². The summed E-state index contributed by atoms with van der Waals surface area (Å²) in [7, 11) is 0. The first-order valence-electron chi connectivity index (χ1n) is 5.98. The normalized spacial score (nSPS) is 12.0. The molecule has 0 saturated heterocycles. The van der Waals surface area contributed by atoms with Gasteiger partial charge in [-0.25, -0.2) is 4.39 Å². The van der Waals surface area contributed by atoms with Crippen LogP contribution in [0.2, 0.25) is 0 Å². The van der Waals surface area contributed by atoms with E-state index in [-0.39, 0.29) is 5.75 Å². The monoisotopic (exact) mass is 295 g/mol. The van der Waals surface area contributed by atoms with Crippen molar-refractivity contribution in [3.05, 3.63) is 63.7 Å². The summed E-state index contributed by atoms with van der Waals surface area (Å²) in [6.07, 6.45) is -0.868. The molecule has 21 heavy (non-hydrogen) atoms. The molecule has 2 aromatic carbocycles. The molecule has 1 atom stereocenters. The number of hydrogen-bond donors (Lipinski definition) is 1. The highest BCUT2D eigenvalue weighted by Crippen LogP contribution is 2.33. The third-order valence-corrected chi connectivity index (χ3v) is 2.79. The Kier molecular flexibility index (Phi) is 4.13. The van der Waals surface area contributed by atoms with Gasteiger partial charge in [-0.05, 0) is 13.0 Å². The second-order valence-corrected chi connectivity index (χ2v) is 4.31. The van der Waals surface area contributed by atoms with Gasteiger partial charge in [0.05, 0.1) is 17.1 Å². The second-order valence-electron chi connectivity index (χ2n) is 4.31. The third kappa shape index (κ3) is 3.14. The van der Waals surface area contributed by atoms with Crippen molar-refractivity contribution in [2.45, 2.75) is 13.0 Å². The number of nitro benzene ring substituents is 1. The lowest BCUT2D eigenvalue weighted by Crippen LogP contribution is -1.99. The summed E-state index contributed by atoms with van der Waals surface area (Å²) in [5.74, 6) is -2.62. The van der Waals surface area contributed by atoms with Gasteiger partial charge >= 0.3 is 5.69 Å². The number of para-hydroxylation sites is 1. The molecule has 2 rings (SSSR count). The van der Waals surface area contributed by atoms with E-state index in [1.54, 1.807) is 18.2 Å². The zero-order valence-electron chi connectivity index (χ0n) is 10.9. The molecule has 0 bridgehead atoms. The van der Waals surface area contributed by atoms with Crippen molar-refractivity contribution in [3.63, 3.8) is 0 Å². The summed E-state index contributed by atoms with van der Waals surface area (Å²) in [5.41, 5.74) is -0.584. The Labute approximate surface area is 118 Å². The highest BCUT2D eigenvalue weighted by Gasteiger charge is 2.20. The number of aliphatic hydroxyl groups excluding tert-OH is 1. The number of nitro groups is 1. The molecule has 0 spiro atoms. The van der Waals surface area contributed by atoms with Gasteiger partial charge in [-0.3, -0.25) is 10.1 Å². The van der Waals surface area contributed by atoms with Crippen LogP contribution in [0.5, 0.6) is 11.5 Å². The third-order valence-electron chi connectivity index (χ3n) is 2.79. The number of benzene rings is 2. The Hall–Kier alpha value is -2.54. The minimum atomic E-state index is -1.20.